The molecule has 0 fully saturated rings. The lowest BCUT2D eigenvalue weighted by Crippen LogP contribution is -3.00. The van der Waals surface area contributed by atoms with E-state index in [1.54, 1.807) is 6.07 Å². The zero-order chi connectivity index (χ0) is 29.3. The van der Waals surface area contributed by atoms with Crippen molar-refractivity contribution in [3.8, 4) is 11.1 Å². The molecular weight excluding hydrogens is 612 g/mol. The number of rotatable bonds is 7. The first kappa shape index (κ1) is 29.0. The van der Waals surface area contributed by atoms with Crippen LogP contribution >= 0.6 is 0 Å². The fraction of sp³-hybridized carbons (Fsp3) is 0.0789. The normalized spacial score (nSPS) is 11.8. The maximum atomic E-state index is 13.7. The number of carbonyl (C=O) groups excluding carboxylic acids is 1. The van der Waals surface area contributed by atoms with E-state index < -0.39 is 6.04 Å². The van der Waals surface area contributed by atoms with Crippen LogP contribution in [-0.2, 0) is 6.54 Å². The second kappa shape index (κ2) is 12.3. The van der Waals surface area contributed by atoms with E-state index in [0.29, 0.717) is 16.7 Å². The van der Waals surface area contributed by atoms with Crippen LogP contribution in [0.15, 0.2) is 149 Å². The van der Waals surface area contributed by atoms with E-state index in [9.17, 15) is 9.59 Å². The van der Waals surface area contributed by atoms with Gasteiger partial charge in [0.05, 0.1) is 5.56 Å². The summed E-state index contributed by atoms with van der Waals surface area (Å²) in [5.41, 5.74) is 6.32. The van der Waals surface area contributed by atoms with Gasteiger partial charge in [0, 0.05) is 23.4 Å². The van der Waals surface area contributed by atoms with Gasteiger partial charge in [-0.3, -0.25) is 4.79 Å². The summed E-state index contributed by atoms with van der Waals surface area (Å²) in [5.74, 6) is 0.869. The number of ketones is 1. The molecule has 7 rings (SSSR count). The lowest BCUT2D eigenvalue weighted by molar-refractivity contribution is -0.664. The molecule has 2 aromatic heterocycles. The number of para-hydroxylation sites is 3. The van der Waals surface area contributed by atoms with E-state index in [0.717, 1.165) is 38.9 Å². The van der Waals surface area contributed by atoms with E-state index in [1.165, 1.54) is 0 Å². The molecule has 0 spiro atoms. The van der Waals surface area contributed by atoms with Crippen molar-refractivity contribution in [1.29, 1.82) is 0 Å². The Morgan fingerprint density at radius 3 is 2.11 bits per heavy atom. The molecule has 6 heteroatoms. The number of carbonyl (C=O) groups is 1. The Balaban J connectivity index is 0.00000343. The highest BCUT2D eigenvalue weighted by atomic mass is 79.9. The molecule has 216 valence electrons. The first-order valence-corrected chi connectivity index (χ1v) is 14.3. The number of benzene rings is 5. The smallest absolute Gasteiger partial charge is 0.344 e. The van der Waals surface area contributed by atoms with Crippen LogP contribution < -0.4 is 27.2 Å². The van der Waals surface area contributed by atoms with Crippen molar-refractivity contribution < 1.29 is 30.8 Å². The van der Waals surface area contributed by atoms with E-state index in [-0.39, 0.29) is 34.9 Å². The number of nitrogens with zero attached hydrogens (tertiary/aromatic N) is 2. The van der Waals surface area contributed by atoms with Crippen molar-refractivity contribution in [2.24, 2.45) is 0 Å². The molecule has 5 aromatic carbocycles. The molecule has 0 aliphatic carbocycles. The summed E-state index contributed by atoms with van der Waals surface area (Å²) in [6.07, 6.45) is 0. The van der Waals surface area contributed by atoms with Crippen molar-refractivity contribution >= 4 is 27.8 Å². The van der Waals surface area contributed by atoms with E-state index >= 15 is 0 Å². The van der Waals surface area contributed by atoms with Crippen molar-refractivity contribution in [3.63, 3.8) is 0 Å². The van der Waals surface area contributed by atoms with Crippen LogP contribution in [0.5, 0.6) is 0 Å². The molecule has 7 aromatic rings. The Morgan fingerprint density at radius 1 is 0.750 bits per heavy atom. The highest BCUT2D eigenvalue weighted by Gasteiger charge is 2.33. The molecule has 0 N–H and O–H groups in total. The standard InChI is InChI=1S/C38H29N2O3.BrH/c1-26-39(25-35(41)29-22-20-28(21-23-29)27-12-4-2-5-13-27)33-17-9-10-18-34(33)40(26)37(30-14-6-3-7-15-30)32-24-31-16-8-11-19-36(31)43-38(32)42;/h2-24,37H,25H2,1H3;1H/q+1;/p-1. The Hall–Kier alpha value is -5.07. The number of hydrogen-bond acceptors (Lipinski definition) is 3. The highest BCUT2D eigenvalue weighted by molar-refractivity contribution is 5.95. The van der Waals surface area contributed by atoms with Gasteiger partial charge in [-0.05, 0) is 35.4 Å². The lowest BCUT2D eigenvalue weighted by atomic mass is 9.98. The fourth-order valence-electron chi connectivity index (χ4n) is 5.99. The lowest BCUT2D eigenvalue weighted by Gasteiger charge is -2.16. The number of halogens is 1. The highest BCUT2D eigenvalue weighted by Crippen LogP contribution is 2.31. The summed E-state index contributed by atoms with van der Waals surface area (Å²) < 4.78 is 10.0. The third-order valence-corrected chi connectivity index (χ3v) is 8.12. The number of hydrogen-bond donors (Lipinski definition) is 0. The summed E-state index contributed by atoms with van der Waals surface area (Å²) in [4.78, 5) is 27.2. The molecular formula is C38H29BrN2O3. The molecule has 5 nitrogen and oxygen atoms in total. The molecule has 0 radical (unpaired) electrons. The van der Waals surface area contributed by atoms with Gasteiger partial charge in [-0.25, -0.2) is 13.9 Å². The largest absolute Gasteiger partial charge is 1.00 e. The molecule has 2 heterocycles. The Bertz CT molecular complexity index is 2150. The molecule has 1 atom stereocenters. The van der Waals surface area contributed by atoms with Gasteiger partial charge in [0.25, 0.3) is 5.82 Å². The average molecular weight is 642 g/mol. The third kappa shape index (κ3) is 5.29. The van der Waals surface area contributed by atoms with Gasteiger partial charge in [0.1, 0.15) is 5.58 Å². The van der Waals surface area contributed by atoms with E-state index in [4.69, 9.17) is 4.42 Å². The summed E-state index contributed by atoms with van der Waals surface area (Å²) in [6, 6.07) is 44.9. The first-order valence-electron chi connectivity index (χ1n) is 14.3. The molecule has 0 amide bonds. The number of Topliss-reactive ketones (excluding diaryl/α,β-unsaturated/α-hetero) is 1. The topological polar surface area (TPSA) is 56.1 Å². The Kier molecular flexibility index (Phi) is 8.09. The maximum absolute atomic E-state index is 13.7. The fourth-order valence-corrected chi connectivity index (χ4v) is 5.99. The minimum Gasteiger partial charge on any atom is -1.00 e. The van der Waals surface area contributed by atoms with Crippen LogP contribution in [0.3, 0.4) is 0 Å². The van der Waals surface area contributed by atoms with Gasteiger partial charge in [0.2, 0.25) is 5.78 Å². The minimum atomic E-state index is -0.464. The zero-order valence-corrected chi connectivity index (χ0v) is 25.6. The second-order valence-electron chi connectivity index (χ2n) is 10.7. The number of imidazole rings is 1. The van der Waals surface area contributed by atoms with Crippen LogP contribution in [0.2, 0.25) is 0 Å². The van der Waals surface area contributed by atoms with Gasteiger partial charge < -0.3 is 21.4 Å². The predicted octanol–water partition coefficient (Wildman–Crippen LogP) is 4.54. The number of fused-ring (bicyclic) bond motifs is 2. The molecule has 0 aliphatic heterocycles. The number of aromatic nitrogens is 2. The van der Waals surface area contributed by atoms with Gasteiger partial charge >= 0.3 is 5.63 Å². The Morgan fingerprint density at radius 2 is 1.36 bits per heavy atom. The molecule has 0 aliphatic rings. The Labute approximate surface area is 265 Å². The summed E-state index contributed by atoms with van der Waals surface area (Å²) in [5, 5.41) is 0.856. The van der Waals surface area contributed by atoms with Crippen molar-refractivity contribution in [2.45, 2.75) is 19.5 Å². The first-order chi connectivity index (χ1) is 21.1. The molecule has 1 unspecified atom stereocenters. The van der Waals surface area contributed by atoms with Gasteiger partial charge in [-0.15, -0.1) is 0 Å². The predicted molar refractivity (Wildman–Crippen MR) is 169 cm³/mol. The minimum absolute atomic E-state index is 0. The quantitative estimate of drug-likeness (QED) is 0.146. The SMILES string of the molecule is Cc1n(C(c2ccccc2)c2cc3ccccc3oc2=O)c2ccccc2[n+]1CC(=O)c1ccc(-c2ccccc2)cc1.[Br-]. The maximum Gasteiger partial charge on any atom is 0.344 e. The molecule has 44 heavy (non-hydrogen) atoms. The van der Waals surface area contributed by atoms with Gasteiger partial charge in [0.15, 0.2) is 23.6 Å². The summed E-state index contributed by atoms with van der Waals surface area (Å²) in [6.45, 7) is 2.17. The van der Waals surface area contributed by atoms with Crippen LogP contribution in [0.4, 0.5) is 0 Å². The van der Waals surface area contributed by atoms with Crippen LogP contribution in [0, 0.1) is 6.92 Å². The van der Waals surface area contributed by atoms with Crippen molar-refractivity contribution in [1.82, 2.24) is 4.57 Å². The monoisotopic (exact) mass is 640 g/mol. The molecule has 0 saturated heterocycles. The van der Waals surface area contributed by atoms with E-state index in [1.807, 2.05) is 133 Å². The van der Waals surface area contributed by atoms with Gasteiger partial charge in [-0.2, -0.15) is 0 Å². The van der Waals surface area contributed by atoms with Crippen LogP contribution in [0.1, 0.15) is 33.4 Å². The third-order valence-electron chi connectivity index (χ3n) is 8.12. The summed E-state index contributed by atoms with van der Waals surface area (Å²) >= 11 is 0. The van der Waals surface area contributed by atoms with E-state index in [2.05, 4.69) is 16.7 Å². The van der Waals surface area contributed by atoms with Crippen molar-refractivity contribution in [2.75, 3.05) is 0 Å². The summed E-state index contributed by atoms with van der Waals surface area (Å²) in [7, 11) is 0. The molecule has 0 bridgehead atoms. The van der Waals surface area contributed by atoms with Crippen molar-refractivity contribution in [3.05, 3.63) is 172 Å². The van der Waals surface area contributed by atoms with Gasteiger partial charge in [-0.1, -0.05) is 115 Å². The van der Waals surface area contributed by atoms with Crippen LogP contribution in [0.25, 0.3) is 33.1 Å². The average Bonchev–Trinajstić information content (AvgIpc) is 3.33. The molecule has 0 saturated carbocycles. The zero-order valence-electron chi connectivity index (χ0n) is 24.1. The second-order valence-corrected chi connectivity index (χ2v) is 10.7. The van der Waals surface area contributed by atoms with Crippen LogP contribution in [-0.4, -0.2) is 10.4 Å².